The molecule has 5 nitrogen and oxygen atoms in total. The highest BCUT2D eigenvalue weighted by Crippen LogP contribution is 2.30. The van der Waals surface area contributed by atoms with E-state index >= 15 is 0 Å². The molecule has 0 bridgehead atoms. The standard InChI is InChI=1S/C14H11BrN2O3S2/c15-11-3-1-2-10(8-11)9-17-22(18,19)14-5-4-13(21-14)12-6-7-16-20-12/h1-8,17H,9H2. The SMILES string of the molecule is O=S(=O)(NCc1cccc(Br)c1)c1ccc(-c2ccno2)s1. The zero-order valence-corrected chi connectivity index (χ0v) is 14.4. The van der Waals surface area contributed by atoms with Gasteiger partial charge in [0.05, 0.1) is 11.1 Å². The molecule has 0 atom stereocenters. The van der Waals surface area contributed by atoms with Gasteiger partial charge in [-0.05, 0) is 29.8 Å². The number of halogens is 1. The first-order chi connectivity index (χ1) is 10.5. The van der Waals surface area contributed by atoms with Crippen molar-refractivity contribution in [2.24, 2.45) is 0 Å². The molecule has 1 aromatic carbocycles. The van der Waals surface area contributed by atoms with Crippen LogP contribution in [0.3, 0.4) is 0 Å². The van der Waals surface area contributed by atoms with Gasteiger partial charge in [0.25, 0.3) is 0 Å². The van der Waals surface area contributed by atoms with E-state index in [9.17, 15) is 8.42 Å². The van der Waals surface area contributed by atoms with Crippen molar-refractivity contribution in [3.8, 4) is 10.6 Å². The van der Waals surface area contributed by atoms with Gasteiger partial charge in [0.2, 0.25) is 10.0 Å². The highest BCUT2D eigenvalue weighted by atomic mass is 79.9. The van der Waals surface area contributed by atoms with E-state index in [0.717, 1.165) is 26.3 Å². The Morgan fingerprint density at radius 1 is 1.23 bits per heavy atom. The third-order valence-electron chi connectivity index (χ3n) is 2.88. The Labute approximate surface area is 140 Å². The molecule has 0 saturated heterocycles. The summed E-state index contributed by atoms with van der Waals surface area (Å²) < 4.78 is 33.4. The highest BCUT2D eigenvalue weighted by molar-refractivity contribution is 9.10. The third kappa shape index (κ3) is 3.46. The van der Waals surface area contributed by atoms with Gasteiger partial charge in [0.15, 0.2) is 5.76 Å². The van der Waals surface area contributed by atoms with Crippen LogP contribution >= 0.6 is 27.3 Å². The molecular formula is C14H11BrN2O3S2. The van der Waals surface area contributed by atoms with Gasteiger partial charge in [0.1, 0.15) is 4.21 Å². The molecule has 0 aliphatic rings. The van der Waals surface area contributed by atoms with Gasteiger partial charge in [-0.2, -0.15) is 0 Å². The molecular weight excluding hydrogens is 388 g/mol. The van der Waals surface area contributed by atoms with Gasteiger partial charge in [0, 0.05) is 17.1 Å². The highest BCUT2D eigenvalue weighted by Gasteiger charge is 2.18. The summed E-state index contributed by atoms with van der Waals surface area (Å²) in [4.78, 5) is 0.723. The lowest BCUT2D eigenvalue weighted by atomic mass is 10.2. The molecule has 2 heterocycles. The van der Waals surface area contributed by atoms with Crippen molar-refractivity contribution >= 4 is 37.3 Å². The van der Waals surface area contributed by atoms with Crippen molar-refractivity contribution in [1.82, 2.24) is 9.88 Å². The number of rotatable bonds is 5. The van der Waals surface area contributed by atoms with Crippen LogP contribution in [0.4, 0.5) is 0 Å². The minimum absolute atomic E-state index is 0.233. The maximum absolute atomic E-state index is 12.3. The average Bonchev–Trinajstić information content (AvgIpc) is 3.16. The Balaban J connectivity index is 1.76. The predicted octanol–water partition coefficient (Wildman–Crippen LogP) is 3.64. The summed E-state index contributed by atoms with van der Waals surface area (Å²) in [6.45, 7) is 0.233. The molecule has 3 aromatic rings. The van der Waals surface area contributed by atoms with Crippen LogP contribution in [0.2, 0.25) is 0 Å². The molecule has 2 aromatic heterocycles. The Morgan fingerprint density at radius 2 is 2.09 bits per heavy atom. The summed E-state index contributed by atoms with van der Waals surface area (Å²) in [5.74, 6) is 0.554. The zero-order valence-electron chi connectivity index (χ0n) is 11.2. The van der Waals surface area contributed by atoms with E-state index in [1.54, 1.807) is 18.2 Å². The second kappa shape index (κ2) is 6.33. The van der Waals surface area contributed by atoms with Crippen LogP contribution in [0.5, 0.6) is 0 Å². The van der Waals surface area contributed by atoms with E-state index in [4.69, 9.17) is 4.52 Å². The minimum Gasteiger partial charge on any atom is -0.355 e. The molecule has 0 aliphatic carbocycles. The number of benzene rings is 1. The number of nitrogens with zero attached hydrogens (tertiary/aromatic N) is 1. The van der Waals surface area contributed by atoms with Gasteiger partial charge in [-0.1, -0.05) is 33.2 Å². The van der Waals surface area contributed by atoms with E-state index in [2.05, 4.69) is 25.8 Å². The van der Waals surface area contributed by atoms with Crippen LogP contribution in [0, 0.1) is 0 Å². The molecule has 0 aliphatic heterocycles. The van der Waals surface area contributed by atoms with Gasteiger partial charge >= 0.3 is 0 Å². The molecule has 22 heavy (non-hydrogen) atoms. The van der Waals surface area contributed by atoms with E-state index < -0.39 is 10.0 Å². The van der Waals surface area contributed by atoms with Gasteiger partial charge in [-0.15, -0.1) is 11.3 Å². The first-order valence-electron chi connectivity index (χ1n) is 6.29. The molecule has 8 heteroatoms. The summed E-state index contributed by atoms with van der Waals surface area (Å²) >= 11 is 4.50. The largest absolute Gasteiger partial charge is 0.355 e. The maximum atomic E-state index is 12.3. The average molecular weight is 399 g/mol. The molecule has 0 spiro atoms. The van der Waals surface area contributed by atoms with E-state index in [1.807, 2.05) is 24.3 Å². The molecule has 0 saturated carbocycles. The van der Waals surface area contributed by atoms with E-state index in [-0.39, 0.29) is 10.8 Å². The van der Waals surface area contributed by atoms with E-state index in [1.165, 1.54) is 6.20 Å². The lowest BCUT2D eigenvalue weighted by Gasteiger charge is -2.05. The Bertz CT molecular complexity index is 873. The van der Waals surface area contributed by atoms with Crippen molar-refractivity contribution < 1.29 is 12.9 Å². The molecule has 0 unspecified atom stereocenters. The fourth-order valence-electron chi connectivity index (χ4n) is 1.84. The van der Waals surface area contributed by atoms with Crippen molar-refractivity contribution in [3.05, 3.63) is 58.7 Å². The molecule has 3 rings (SSSR count). The number of hydrogen-bond acceptors (Lipinski definition) is 5. The van der Waals surface area contributed by atoms with Crippen molar-refractivity contribution in [3.63, 3.8) is 0 Å². The fourth-order valence-corrected chi connectivity index (χ4v) is 4.61. The number of aromatic nitrogens is 1. The minimum atomic E-state index is -3.55. The lowest BCUT2D eigenvalue weighted by Crippen LogP contribution is -2.22. The van der Waals surface area contributed by atoms with Gasteiger partial charge < -0.3 is 4.52 Å². The number of sulfonamides is 1. The summed E-state index contributed by atoms with van der Waals surface area (Å²) in [5, 5.41) is 3.62. The topological polar surface area (TPSA) is 72.2 Å². The molecule has 1 N–H and O–H groups in total. The fraction of sp³-hybridized carbons (Fsp3) is 0.0714. The Kier molecular flexibility index (Phi) is 4.44. The second-order valence-electron chi connectivity index (χ2n) is 4.45. The van der Waals surface area contributed by atoms with Crippen LogP contribution < -0.4 is 4.72 Å². The van der Waals surface area contributed by atoms with Crippen LogP contribution in [-0.4, -0.2) is 13.6 Å². The van der Waals surface area contributed by atoms with Crippen LogP contribution in [0.1, 0.15) is 5.56 Å². The second-order valence-corrected chi connectivity index (χ2v) is 8.44. The summed E-state index contributed by atoms with van der Waals surface area (Å²) in [6, 6.07) is 12.4. The number of nitrogens with one attached hydrogen (secondary N) is 1. The molecule has 0 amide bonds. The number of thiophene rings is 1. The van der Waals surface area contributed by atoms with Crippen LogP contribution in [-0.2, 0) is 16.6 Å². The lowest BCUT2D eigenvalue weighted by molar-refractivity contribution is 0.433. The quantitative estimate of drug-likeness (QED) is 0.711. The monoisotopic (exact) mass is 398 g/mol. The van der Waals surface area contributed by atoms with Crippen molar-refractivity contribution in [1.29, 1.82) is 0 Å². The third-order valence-corrected chi connectivity index (χ3v) is 6.37. The maximum Gasteiger partial charge on any atom is 0.250 e. The normalized spacial score (nSPS) is 11.7. The van der Waals surface area contributed by atoms with Crippen molar-refractivity contribution in [2.45, 2.75) is 10.8 Å². The molecule has 0 radical (unpaired) electrons. The first-order valence-corrected chi connectivity index (χ1v) is 9.39. The Hall–Kier alpha value is -1.48. The molecule has 114 valence electrons. The van der Waals surface area contributed by atoms with Crippen LogP contribution in [0.25, 0.3) is 10.6 Å². The summed E-state index contributed by atoms with van der Waals surface area (Å²) in [5.41, 5.74) is 0.880. The van der Waals surface area contributed by atoms with Crippen molar-refractivity contribution in [2.75, 3.05) is 0 Å². The number of hydrogen-bond donors (Lipinski definition) is 1. The molecule has 0 fully saturated rings. The summed E-state index contributed by atoms with van der Waals surface area (Å²) in [7, 11) is -3.55. The smallest absolute Gasteiger partial charge is 0.250 e. The zero-order chi connectivity index (χ0) is 15.6. The van der Waals surface area contributed by atoms with Crippen LogP contribution in [0.15, 0.2) is 61.9 Å². The van der Waals surface area contributed by atoms with Gasteiger partial charge in [-0.25, -0.2) is 13.1 Å². The van der Waals surface area contributed by atoms with Gasteiger partial charge in [-0.3, -0.25) is 0 Å². The summed E-state index contributed by atoms with van der Waals surface area (Å²) in [6.07, 6.45) is 1.52. The predicted molar refractivity (Wildman–Crippen MR) is 88.0 cm³/mol. The Morgan fingerprint density at radius 3 is 2.82 bits per heavy atom. The van der Waals surface area contributed by atoms with E-state index in [0.29, 0.717) is 5.76 Å². The first kappa shape index (κ1) is 15.4.